The molecule has 0 saturated heterocycles. The number of aliphatic hydroxyl groups is 1. The van der Waals surface area contributed by atoms with Crippen molar-refractivity contribution in [3.05, 3.63) is 29.8 Å². The molecule has 0 aliphatic carbocycles. The van der Waals surface area contributed by atoms with Gasteiger partial charge in [0.1, 0.15) is 5.82 Å². The Bertz CT molecular complexity index is 235. The maximum atomic E-state index is 12.4. The maximum absolute atomic E-state index is 12.4. The van der Waals surface area contributed by atoms with Crippen LogP contribution in [0.25, 0.3) is 0 Å². The van der Waals surface area contributed by atoms with E-state index in [4.69, 9.17) is 0 Å². The van der Waals surface area contributed by atoms with Crippen LogP contribution in [0.2, 0.25) is 0 Å². The van der Waals surface area contributed by atoms with Gasteiger partial charge in [0.05, 0.1) is 18.0 Å². The molecule has 2 nitrogen and oxygen atoms in total. The molecule has 0 saturated carbocycles. The first-order valence-electron chi connectivity index (χ1n) is 4.03. The second-order valence-electron chi connectivity index (χ2n) is 2.71. The van der Waals surface area contributed by atoms with Crippen molar-refractivity contribution in [1.29, 1.82) is 0 Å². The third-order valence-electron chi connectivity index (χ3n) is 1.65. The monoisotopic (exact) mass is 169 g/mol. The SMILES string of the molecule is CCC[C@H](O)c1ccc(F)cn1. The molecule has 66 valence electrons. The molecule has 0 aliphatic heterocycles. The number of halogens is 1. The summed E-state index contributed by atoms with van der Waals surface area (Å²) in [7, 11) is 0. The lowest BCUT2D eigenvalue weighted by atomic mass is 10.1. The molecule has 0 amide bonds. The van der Waals surface area contributed by atoms with Gasteiger partial charge in [0.25, 0.3) is 0 Å². The highest BCUT2D eigenvalue weighted by molar-refractivity contribution is 5.07. The van der Waals surface area contributed by atoms with Crippen LogP contribution >= 0.6 is 0 Å². The Kier molecular flexibility index (Phi) is 3.17. The van der Waals surface area contributed by atoms with E-state index in [2.05, 4.69) is 4.98 Å². The van der Waals surface area contributed by atoms with E-state index >= 15 is 0 Å². The van der Waals surface area contributed by atoms with Crippen molar-refractivity contribution >= 4 is 0 Å². The molecule has 1 heterocycles. The van der Waals surface area contributed by atoms with Gasteiger partial charge in [0, 0.05) is 0 Å². The number of hydrogen-bond acceptors (Lipinski definition) is 2. The fourth-order valence-electron chi connectivity index (χ4n) is 1.01. The number of hydrogen-bond donors (Lipinski definition) is 1. The van der Waals surface area contributed by atoms with Crippen molar-refractivity contribution in [3.8, 4) is 0 Å². The average molecular weight is 169 g/mol. The molecule has 1 N–H and O–H groups in total. The molecule has 0 fully saturated rings. The third-order valence-corrected chi connectivity index (χ3v) is 1.65. The number of aromatic nitrogens is 1. The fraction of sp³-hybridized carbons (Fsp3) is 0.444. The van der Waals surface area contributed by atoms with Gasteiger partial charge in [-0.1, -0.05) is 13.3 Å². The molecule has 3 heteroatoms. The Hall–Kier alpha value is -0.960. The van der Waals surface area contributed by atoms with Gasteiger partial charge < -0.3 is 5.11 Å². The van der Waals surface area contributed by atoms with Crippen LogP contribution in [-0.2, 0) is 0 Å². The van der Waals surface area contributed by atoms with Crippen molar-refractivity contribution in [1.82, 2.24) is 4.98 Å². The average Bonchev–Trinajstić information content (AvgIpc) is 2.06. The summed E-state index contributed by atoms with van der Waals surface area (Å²) < 4.78 is 12.4. The summed E-state index contributed by atoms with van der Waals surface area (Å²) in [5.41, 5.74) is 0.540. The molecule has 1 aromatic heterocycles. The van der Waals surface area contributed by atoms with Gasteiger partial charge in [0.15, 0.2) is 0 Å². The third kappa shape index (κ3) is 2.27. The van der Waals surface area contributed by atoms with E-state index in [1.807, 2.05) is 6.92 Å². The van der Waals surface area contributed by atoms with Gasteiger partial charge in [-0.25, -0.2) is 4.39 Å². The second kappa shape index (κ2) is 4.16. The second-order valence-corrected chi connectivity index (χ2v) is 2.71. The van der Waals surface area contributed by atoms with E-state index < -0.39 is 6.10 Å². The van der Waals surface area contributed by atoms with Crippen molar-refractivity contribution in [2.75, 3.05) is 0 Å². The molecule has 0 bridgehead atoms. The van der Waals surface area contributed by atoms with Gasteiger partial charge >= 0.3 is 0 Å². The predicted octanol–water partition coefficient (Wildman–Crippen LogP) is 2.05. The summed E-state index contributed by atoms with van der Waals surface area (Å²) in [5.74, 6) is -0.373. The van der Waals surface area contributed by atoms with E-state index in [-0.39, 0.29) is 5.82 Å². The fourth-order valence-corrected chi connectivity index (χ4v) is 1.01. The summed E-state index contributed by atoms with van der Waals surface area (Å²) in [4.78, 5) is 3.77. The predicted molar refractivity (Wildman–Crippen MR) is 44.1 cm³/mol. The van der Waals surface area contributed by atoms with Crippen LogP contribution < -0.4 is 0 Å². The highest BCUT2D eigenvalue weighted by Crippen LogP contribution is 2.15. The Labute approximate surface area is 71.1 Å². The van der Waals surface area contributed by atoms with Crippen LogP contribution in [0.1, 0.15) is 31.6 Å². The Morgan fingerprint density at radius 1 is 1.58 bits per heavy atom. The molecular weight excluding hydrogens is 157 g/mol. The molecule has 0 unspecified atom stereocenters. The van der Waals surface area contributed by atoms with E-state index in [9.17, 15) is 9.50 Å². The first-order chi connectivity index (χ1) is 5.74. The summed E-state index contributed by atoms with van der Waals surface area (Å²) >= 11 is 0. The summed E-state index contributed by atoms with van der Waals surface area (Å²) in [6.45, 7) is 1.98. The minimum absolute atomic E-state index is 0.373. The zero-order valence-electron chi connectivity index (χ0n) is 7.00. The van der Waals surface area contributed by atoms with Crippen LogP contribution in [0.15, 0.2) is 18.3 Å². The highest BCUT2D eigenvalue weighted by Gasteiger charge is 2.06. The largest absolute Gasteiger partial charge is 0.387 e. The zero-order chi connectivity index (χ0) is 8.97. The summed E-state index contributed by atoms with van der Waals surface area (Å²) in [5, 5.41) is 9.43. The molecule has 0 radical (unpaired) electrons. The van der Waals surface area contributed by atoms with Gasteiger partial charge in [-0.3, -0.25) is 4.98 Å². The lowest BCUT2D eigenvalue weighted by Gasteiger charge is -2.07. The topological polar surface area (TPSA) is 33.1 Å². The van der Waals surface area contributed by atoms with Crippen LogP contribution in [0.5, 0.6) is 0 Å². The number of pyridine rings is 1. The molecule has 1 rings (SSSR count). The van der Waals surface area contributed by atoms with Gasteiger partial charge in [-0.05, 0) is 18.6 Å². The molecule has 12 heavy (non-hydrogen) atoms. The minimum Gasteiger partial charge on any atom is -0.387 e. The quantitative estimate of drug-likeness (QED) is 0.751. The van der Waals surface area contributed by atoms with Gasteiger partial charge in [-0.2, -0.15) is 0 Å². The lowest BCUT2D eigenvalue weighted by Crippen LogP contribution is -1.99. The molecule has 0 aliphatic rings. The summed E-state index contributed by atoms with van der Waals surface area (Å²) in [6, 6.07) is 2.82. The smallest absolute Gasteiger partial charge is 0.141 e. The van der Waals surface area contributed by atoms with Gasteiger partial charge in [-0.15, -0.1) is 0 Å². The molecule has 1 atom stereocenters. The van der Waals surface area contributed by atoms with E-state index in [1.165, 1.54) is 12.1 Å². The van der Waals surface area contributed by atoms with Crippen LogP contribution in [0.3, 0.4) is 0 Å². The molecule has 0 spiro atoms. The maximum Gasteiger partial charge on any atom is 0.141 e. The minimum atomic E-state index is -0.560. The van der Waals surface area contributed by atoms with Crippen molar-refractivity contribution < 1.29 is 9.50 Å². The lowest BCUT2D eigenvalue weighted by molar-refractivity contribution is 0.161. The van der Waals surface area contributed by atoms with E-state index in [0.29, 0.717) is 12.1 Å². The van der Waals surface area contributed by atoms with Crippen LogP contribution in [-0.4, -0.2) is 10.1 Å². The molecule has 1 aromatic rings. The Morgan fingerprint density at radius 2 is 2.33 bits per heavy atom. The van der Waals surface area contributed by atoms with Crippen molar-refractivity contribution in [2.24, 2.45) is 0 Å². The molecule has 0 aromatic carbocycles. The Morgan fingerprint density at radius 3 is 2.83 bits per heavy atom. The van der Waals surface area contributed by atoms with Crippen LogP contribution in [0.4, 0.5) is 4.39 Å². The Balaban J connectivity index is 2.68. The van der Waals surface area contributed by atoms with Crippen molar-refractivity contribution in [3.63, 3.8) is 0 Å². The summed E-state index contributed by atoms with van der Waals surface area (Å²) in [6.07, 6.45) is 2.11. The van der Waals surface area contributed by atoms with E-state index in [0.717, 1.165) is 12.6 Å². The normalized spacial score (nSPS) is 12.9. The van der Waals surface area contributed by atoms with Crippen LogP contribution in [0, 0.1) is 5.82 Å². The van der Waals surface area contributed by atoms with E-state index in [1.54, 1.807) is 0 Å². The van der Waals surface area contributed by atoms with Crippen molar-refractivity contribution in [2.45, 2.75) is 25.9 Å². The number of nitrogens with zero attached hydrogens (tertiary/aromatic N) is 1. The zero-order valence-corrected chi connectivity index (χ0v) is 7.00. The number of rotatable bonds is 3. The molecular formula is C9H12FNO. The first kappa shape index (κ1) is 9.13. The first-order valence-corrected chi connectivity index (χ1v) is 4.03. The highest BCUT2D eigenvalue weighted by atomic mass is 19.1. The van der Waals surface area contributed by atoms with Gasteiger partial charge in [0.2, 0.25) is 0 Å². The number of aliphatic hydroxyl groups excluding tert-OH is 1. The standard InChI is InChI=1S/C9H12FNO/c1-2-3-9(12)8-5-4-7(10)6-11-8/h4-6,9,12H,2-3H2,1H3/t9-/m0/s1.